The fourth-order valence-corrected chi connectivity index (χ4v) is 7.28. The molecule has 0 aromatic heterocycles. The number of piperidine rings is 1. The Balaban J connectivity index is 1.16. The van der Waals surface area contributed by atoms with Crippen LogP contribution in [0.4, 0.5) is 4.79 Å². The van der Waals surface area contributed by atoms with Gasteiger partial charge < -0.3 is 19.9 Å². The lowest BCUT2D eigenvalue weighted by molar-refractivity contribution is -0.156. The lowest BCUT2D eigenvalue weighted by atomic mass is 9.98. The molecule has 0 saturated carbocycles. The van der Waals surface area contributed by atoms with E-state index in [1.54, 1.807) is 20.8 Å². The van der Waals surface area contributed by atoms with Gasteiger partial charge in [-0.25, -0.2) is 22.7 Å². The minimum atomic E-state index is -3.56. The van der Waals surface area contributed by atoms with Crippen molar-refractivity contribution >= 4 is 28.1 Å². The Morgan fingerprint density at radius 3 is 2.14 bits per heavy atom. The standard InChI is InChI=1S/C32H43N3O8S/c1-32(2,3)43-29(36)20-35-18-15-22(16-19-35)44(40,41)33-17-9-8-14-28(30(37)38)34-31(39)42-21-27-25-12-6-4-10-23(25)24-11-5-7-13-26(24)27/h4-7,10-13,22,27-28,33H,8-9,14-21H2,1-3H3,(H,34,39)(H,37,38). The van der Waals surface area contributed by atoms with E-state index in [1.807, 2.05) is 53.4 Å². The third-order valence-corrected chi connectivity index (χ3v) is 9.86. The highest BCUT2D eigenvalue weighted by molar-refractivity contribution is 7.90. The van der Waals surface area contributed by atoms with Crippen molar-refractivity contribution in [3.05, 3.63) is 59.7 Å². The van der Waals surface area contributed by atoms with E-state index in [-0.39, 0.29) is 38.0 Å². The van der Waals surface area contributed by atoms with Crippen molar-refractivity contribution in [2.45, 2.75) is 75.7 Å². The zero-order valence-electron chi connectivity index (χ0n) is 25.6. The molecule has 2 aliphatic rings. The number of carboxylic acid groups (broad SMARTS) is 1. The molecule has 12 heteroatoms. The van der Waals surface area contributed by atoms with Crippen LogP contribution in [-0.2, 0) is 29.1 Å². The van der Waals surface area contributed by atoms with Crippen LogP contribution in [-0.4, -0.2) is 86.1 Å². The molecule has 44 heavy (non-hydrogen) atoms. The first-order valence-electron chi connectivity index (χ1n) is 15.1. The van der Waals surface area contributed by atoms with Gasteiger partial charge >= 0.3 is 18.0 Å². The molecule has 1 unspecified atom stereocenters. The third-order valence-electron chi connectivity index (χ3n) is 7.90. The number of aliphatic carboxylic acids is 1. The molecule has 1 aliphatic heterocycles. The molecule has 0 spiro atoms. The largest absolute Gasteiger partial charge is 0.480 e. The van der Waals surface area contributed by atoms with Crippen molar-refractivity contribution in [1.82, 2.24) is 14.9 Å². The summed E-state index contributed by atoms with van der Waals surface area (Å²) in [6.45, 7) is 6.74. The first-order chi connectivity index (χ1) is 20.8. The number of benzene rings is 2. The van der Waals surface area contributed by atoms with E-state index in [1.165, 1.54) is 0 Å². The summed E-state index contributed by atoms with van der Waals surface area (Å²) in [7, 11) is -3.56. The van der Waals surface area contributed by atoms with Gasteiger partial charge in [0.25, 0.3) is 0 Å². The average molecular weight is 630 g/mol. The highest BCUT2D eigenvalue weighted by Crippen LogP contribution is 2.44. The Morgan fingerprint density at radius 2 is 1.57 bits per heavy atom. The monoisotopic (exact) mass is 629 g/mol. The lowest BCUT2D eigenvalue weighted by Gasteiger charge is -2.31. The number of hydrogen-bond acceptors (Lipinski definition) is 8. The fraction of sp³-hybridized carbons (Fsp3) is 0.531. The number of unbranched alkanes of at least 4 members (excludes halogenated alkanes) is 1. The molecule has 1 amide bonds. The van der Waals surface area contributed by atoms with Gasteiger partial charge in [-0.15, -0.1) is 0 Å². The van der Waals surface area contributed by atoms with Gasteiger partial charge in [0.15, 0.2) is 0 Å². The molecule has 1 atom stereocenters. The number of ether oxygens (including phenoxy) is 2. The van der Waals surface area contributed by atoms with Gasteiger partial charge in [-0.3, -0.25) is 9.69 Å². The number of hydrogen-bond donors (Lipinski definition) is 3. The minimum Gasteiger partial charge on any atom is -0.480 e. The van der Waals surface area contributed by atoms with Crippen LogP contribution in [0.25, 0.3) is 11.1 Å². The van der Waals surface area contributed by atoms with E-state index in [4.69, 9.17) is 9.47 Å². The van der Waals surface area contributed by atoms with Crippen LogP contribution in [0, 0.1) is 0 Å². The Labute approximate surface area is 259 Å². The third kappa shape index (κ3) is 9.02. The number of amides is 1. The Bertz CT molecular complexity index is 1390. The van der Waals surface area contributed by atoms with Crippen molar-refractivity contribution < 1.29 is 37.4 Å². The smallest absolute Gasteiger partial charge is 0.407 e. The number of carboxylic acids is 1. The molecule has 1 fully saturated rings. The molecule has 0 bridgehead atoms. The van der Waals surface area contributed by atoms with Gasteiger partial charge in [-0.05, 0) is 75.1 Å². The molecular formula is C32H43N3O8S. The first-order valence-corrected chi connectivity index (χ1v) is 16.7. The van der Waals surface area contributed by atoms with Crippen molar-refractivity contribution in [3.63, 3.8) is 0 Å². The van der Waals surface area contributed by atoms with Crippen molar-refractivity contribution in [2.75, 3.05) is 32.8 Å². The van der Waals surface area contributed by atoms with E-state index in [9.17, 15) is 27.9 Å². The van der Waals surface area contributed by atoms with Gasteiger partial charge in [0.1, 0.15) is 18.2 Å². The maximum absolute atomic E-state index is 12.8. The van der Waals surface area contributed by atoms with Crippen LogP contribution >= 0.6 is 0 Å². The maximum atomic E-state index is 12.8. The quantitative estimate of drug-likeness (QED) is 0.222. The predicted molar refractivity (Wildman–Crippen MR) is 166 cm³/mol. The number of carbonyl (C=O) groups excluding carboxylic acids is 2. The van der Waals surface area contributed by atoms with Crippen LogP contribution in [0.15, 0.2) is 48.5 Å². The summed E-state index contributed by atoms with van der Waals surface area (Å²) >= 11 is 0. The number of esters is 1. The number of nitrogens with zero attached hydrogens (tertiary/aromatic N) is 1. The first kappa shape index (κ1) is 33.4. The van der Waals surface area contributed by atoms with Crippen LogP contribution in [0.2, 0.25) is 0 Å². The summed E-state index contributed by atoms with van der Waals surface area (Å²) in [5, 5.41) is 11.5. The second-order valence-electron chi connectivity index (χ2n) is 12.4. The van der Waals surface area contributed by atoms with Gasteiger partial charge in [-0.2, -0.15) is 0 Å². The SMILES string of the molecule is CC(C)(C)OC(=O)CN1CCC(S(=O)(=O)NCCCCC(NC(=O)OCC2c3ccccc3-c3ccccc32)C(=O)O)CC1. The highest BCUT2D eigenvalue weighted by atomic mass is 32.2. The summed E-state index contributed by atoms with van der Waals surface area (Å²) in [4.78, 5) is 38.3. The zero-order chi connectivity index (χ0) is 31.9. The minimum absolute atomic E-state index is 0.0773. The van der Waals surface area contributed by atoms with Crippen LogP contribution in [0.5, 0.6) is 0 Å². The molecule has 1 saturated heterocycles. The van der Waals surface area contributed by atoms with E-state index >= 15 is 0 Å². The van der Waals surface area contributed by atoms with E-state index in [0.717, 1.165) is 22.3 Å². The van der Waals surface area contributed by atoms with Gasteiger partial charge in [0.2, 0.25) is 10.0 Å². The molecule has 2 aromatic carbocycles. The molecule has 240 valence electrons. The number of sulfonamides is 1. The second-order valence-corrected chi connectivity index (χ2v) is 14.4. The molecule has 4 rings (SSSR count). The van der Waals surface area contributed by atoms with Crippen LogP contribution < -0.4 is 10.0 Å². The fourth-order valence-electron chi connectivity index (χ4n) is 5.78. The normalized spacial score (nSPS) is 16.5. The molecule has 0 radical (unpaired) electrons. The summed E-state index contributed by atoms with van der Waals surface area (Å²) in [6.07, 6.45) is 0.930. The molecule has 1 heterocycles. The Morgan fingerprint density at radius 1 is 0.977 bits per heavy atom. The van der Waals surface area contributed by atoms with Gasteiger partial charge in [0.05, 0.1) is 11.8 Å². The van der Waals surface area contributed by atoms with E-state index in [0.29, 0.717) is 38.8 Å². The topological polar surface area (TPSA) is 151 Å². The summed E-state index contributed by atoms with van der Waals surface area (Å²) in [5.41, 5.74) is 3.75. The number of likely N-dealkylation sites (tertiary alicyclic amines) is 1. The number of carbonyl (C=O) groups is 3. The molecular weight excluding hydrogens is 586 g/mol. The second kappa shape index (κ2) is 14.5. The van der Waals surface area contributed by atoms with Gasteiger partial charge in [0, 0.05) is 25.6 Å². The number of rotatable bonds is 13. The Kier molecular flexibility index (Phi) is 11.0. The molecule has 3 N–H and O–H groups in total. The Hall–Kier alpha value is -3.48. The molecule has 2 aromatic rings. The summed E-state index contributed by atoms with van der Waals surface area (Å²) in [5.74, 6) is -1.65. The zero-order valence-corrected chi connectivity index (χ0v) is 26.4. The maximum Gasteiger partial charge on any atom is 0.407 e. The highest BCUT2D eigenvalue weighted by Gasteiger charge is 2.32. The van der Waals surface area contributed by atoms with Gasteiger partial charge in [-0.1, -0.05) is 48.5 Å². The molecule has 11 nitrogen and oxygen atoms in total. The van der Waals surface area contributed by atoms with E-state index in [2.05, 4.69) is 10.0 Å². The predicted octanol–water partition coefficient (Wildman–Crippen LogP) is 3.87. The number of nitrogens with one attached hydrogen (secondary N) is 2. The average Bonchev–Trinajstić information content (AvgIpc) is 3.28. The number of fused-ring (bicyclic) bond motifs is 3. The lowest BCUT2D eigenvalue weighted by Crippen LogP contribution is -2.45. The summed E-state index contributed by atoms with van der Waals surface area (Å²) in [6, 6.07) is 14.7. The number of alkyl carbamates (subject to hydrolysis) is 1. The summed E-state index contributed by atoms with van der Waals surface area (Å²) < 4.78 is 39.0. The van der Waals surface area contributed by atoms with Crippen LogP contribution in [0.3, 0.4) is 0 Å². The van der Waals surface area contributed by atoms with Crippen molar-refractivity contribution in [1.29, 1.82) is 0 Å². The van der Waals surface area contributed by atoms with E-state index < -0.39 is 39.0 Å². The van der Waals surface area contributed by atoms with Crippen LogP contribution in [0.1, 0.15) is 69.9 Å². The molecule has 1 aliphatic carbocycles. The van der Waals surface area contributed by atoms with Crippen molar-refractivity contribution in [3.8, 4) is 11.1 Å². The van der Waals surface area contributed by atoms with Crippen molar-refractivity contribution in [2.24, 2.45) is 0 Å².